The molecule has 0 radical (unpaired) electrons. The molecule has 3 aromatic carbocycles. The van der Waals surface area contributed by atoms with Crippen molar-refractivity contribution < 1.29 is 17.6 Å². The van der Waals surface area contributed by atoms with Crippen LogP contribution in [0.2, 0.25) is 0 Å². The van der Waals surface area contributed by atoms with Gasteiger partial charge in [0.2, 0.25) is 0 Å². The van der Waals surface area contributed by atoms with Crippen LogP contribution in [-0.2, 0) is 25.8 Å². The van der Waals surface area contributed by atoms with Crippen LogP contribution in [0.4, 0.5) is 23.2 Å². The highest BCUT2D eigenvalue weighted by Gasteiger charge is 2.35. The van der Waals surface area contributed by atoms with Crippen molar-refractivity contribution in [3.8, 4) is 0 Å². The number of alkyl halides is 3. The molecule has 5 rings (SSSR count). The molecule has 1 aromatic heterocycles. The quantitative estimate of drug-likeness (QED) is 0.303. The largest absolute Gasteiger partial charge is 0.416 e. The number of nitrogens with zero attached hydrogens (tertiary/aromatic N) is 4. The lowest BCUT2D eigenvalue weighted by Crippen LogP contribution is -2.51. The van der Waals surface area contributed by atoms with Crippen molar-refractivity contribution in [2.75, 3.05) is 31.1 Å². The van der Waals surface area contributed by atoms with Gasteiger partial charge in [-0.25, -0.2) is 9.18 Å². The van der Waals surface area contributed by atoms with Gasteiger partial charge in [-0.15, -0.1) is 0 Å². The highest BCUT2D eigenvalue weighted by atomic mass is 19.4. The molecular weight excluding hydrogens is 562 g/mol. The highest BCUT2D eigenvalue weighted by Crippen LogP contribution is 2.33. The van der Waals surface area contributed by atoms with Gasteiger partial charge >= 0.3 is 11.9 Å². The van der Waals surface area contributed by atoms with Gasteiger partial charge in [-0.1, -0.05) is 66.7 Å². The average Bonchev–Trinajstić information content (AvgIpc) is 2.99. The molecule has 0 bridgehead atoms. The summed E-state index contributed by atoms with van der Waals surface area (Å²) in [6.07, 6.45) is -4.84. The number of nitrogens with two attached hydrogens (primary N) is 1. The van der Waals surface area contributed by atoms with Crippen LogP contribution in [0.25, 0.3) is 0 Å². The van der Waals surface area contributed by atoms with E-state index in [-0.39, 0.29) is 17.9 Å². The second kappa shape index (κ2) is 12.6. The molecule has 0 saturated carbocycles. The molecule has 0 aliphatic carbocycles. The SMILES string of the molecule is Cc1c(N2CCN(Cc3ccccc3)CC2)c(=O)n(C[C@@H](N)c2ccccc2)c(=O)n1Cc1c(F)cccc1C(F)(F)F. The van der Waals surface area contributed by atoms with E-state index in [0.29, 0.717) is 31.7 Å². The zero-order chi connectivity index (χ0) is 30.7. The van der Waals surface area contributed by atoms with Crippen LogP contribution in [0.1, 0.15) is 34.0 Å². The molecule has 11 heteroatoms. The van der Waals surface area contributed by atoms with Gasteiger partial charge in [0.25, 0.3) is 5.56 Å². The molecule has 226 valence electrons. The molecule has 1 fully saturated rings. The fourth-order valence-electron chi connectivity index (χ4n) is 5.61. The number of rotatable bonds is 8. The van der Waals surface area contributed by atoms with Gasteiger partial charge < -0.3 is 10.6 Å². The van der Waals surface area contributed by atoms with E-state index in [4.69, 9.17) is 5.73 Å². The molecule has 1 atom stereocenters. The number of anilines is 1. The van der Waals surface area contributed by atoms with Crippen molar-refractivity contribution in [3.63, 3.8) is 0 Å². The minimum atomic E-state index is -4.84. The van der Waals surface area contributed by atoms with E-state index in [1.807, 2.05) is 41.3 Å². The Balaban J connectivity index is 1.55. The zero-order valence-corrected chi connectivity index (χ0v) is 23.7. The lowest BCUT2D eigenvalue weighted by atomic mass is 10.1. The average molecular weight is 596 g/mol. The molecule has 0 spiro atoms. The maximum Gasteiger partial charge on any atom is 0.416 e. The lowest BCUT2D eigenvalue weighted by molar-refractivity contribution is -0.138. The number of hydrogen-bond donors (Lipinski definition) is 1. The Morgan fingerprint density at radius 1 is 0.814 bits per heavy atom. The monoisotopic (exact) mass is 595 g/mol. The number of halogens is 4. The van der Waals surface area contributed by atoms with Gasteiger partial charge in [0.15, 0.2) is 0 Å². The van der Waals surface area contributed by atoms with Gasteiger partial charge in [-0.2, -0.15) is 13.2 Å². The first-order valence-corrected chi connectivity index (χ1v) is 14.0. The molecule has 1 saturated heterocycles. The van der Waals surface area contributed by atoms with Crippen molar-refractivity contribution in [2.45, 2.75) is 38.8 Å². The van der Waals surface area contributed by atoms with Crippen molar-refractivity contribution >= 4 is 5.69 Å². The molecular formula is C32H33F4N5O2. The maximum atomic E-state index is 14.9. The zero-order valence-electron chi connectivity index (χ0n) is 23.7. The topological polar surface area (TPSA) is 76.5 Å². The lowest BCUT2D eigenvalue weighted by Gasteiger charge is -2.37. The third-order valence-corrected chi connectivity index (χ3v) is 7.94. The van der Waals surface area contributed by atoms with E-state index < -0.39 is 47.0 Å². The van der Waals surface area contributed by atoms with Crippen LogP contribution in [0, 0.1) is 12.7 Å². The molecule has 1 aliphatic rings. The minimum Gasteiger partial charge on any atom is -0.363 e. The summed E-state index contributed by atoms with van der Waals surface area (Å²) in [5.74, 6) is -1.09. The normalized spacial score (nSPS) is 15.1. The summed E-state index contributed by atoms with van der Waals surface area (Å²) in [5, 5.41) is 0. The Hall–Kier alpha value is -4.22. The fourth-order valence-corrected chi connectivity index (χ4v) is 5.61. The third-order valence-electron chi connectivity index (χ3n) is 7.94. The number of benzene rings is 3. The van der Waals surface area contributed by atoms with Crippen LogP contribution in [0.15, 0.2) is 88.5 Å². The number of piperazine rings is 1. The number of aromatic nitrogens is 2. The van der Waals surface area contributed by atoms with E-state index in [0.717, 1.165) is 39.4 Å². The summed E-state index contributed by atoms with van der Waals surface area (Å²) in [6.45, 7) is 3.52. The van der Waals surface area contributed by atoms with Crippen molar-refractivity contribution in [1.29, 1.82) is 0 Å². The van der Waals surface area contributed by atoms with E-state index in [9.17, 15) is 27.2 Å². The summed E-state index contributed by atoms with van der Waals surface area (Å²) in [6, 6.07) is 20.8. The predicted molar refractivity (Wildman–Crippen MR) is 158 cm³/mol. The second-order valence-electron chi connectivity index (χ2n) is 10.7. The van der Waals surface area contributed by atoms with Gasteiger partial charge in [0.1, 0.15) is 11.5 Å². The van der Waals surface area contributed by atoms with E-state index in [1.54, 1.807) is 24.3 Å². The summed E-state index contributed by atoms with van der Waals surface area (Å²) in [5.41, 5.74) is 5.34. The third kappa shape index (κ3) is 6.57. The molecule has 7 nitrogen and oxygen atoms in total. The first-order chi connectivity index (χ1) is 20.5. The molecule has 0 amide bonds. The predicted octanol–water partition coefficient (Wildman–Crippen LogP) is 4.55. The van der Waals surface area contributed by atoms with Crippen LogP contribution in [-0.4, -0.2) is 40.2 Å². The molecule has 2 heterocycles. The Kier molecular flexibility index (Phi) is 8.84. The maximum absolute atomic E-state index is 14.9. The van der Waals surface area contributed by atoms with Crippen molar-refractivity contribution in [1.82, 2.24) is 14.0 Å². The summed E-state index contributed by atoms with van der Waals surface area (Å²) >= 11 is 0. The van der Waals surface area contributed by atoms with Crippen LogP contribution < -0.4 is 21.9 Å². The van der Waals surface area contributed by atoms with Crippen molar-refractivity contribution in [3.05, 3.63) is 133 Å². The smallest absolute Gasteiger partial charge is 0.363 e. The van der Waals surface area contributed by atoms with E-state index in [2.05, 4.69) is 4.90 Å². The Labute approximate surface area is 246 Å². The van der Waals surface area contributed by atoms with E-state index in [1.165, 1.54) is 6.92 Å². The van der Waals surface area contributed by atoms with Gasteiger partial charge in [0.05, 0.1) is 18.7 Å². The summed E-state index contributed by atoms with van der Waals surface area (Å²) < 4.78 is 58.5. The molecule has 4 aromatic rings. The number of hydrogen-bond acceptors (Lipinski definition) is 5. The van der Waals surface area contributed by atoms with Crippen LogP contribution in [0.5, 0.6) is 0 Å². The van der Waals surface area contributed by atoms with Crippen LogP contribution in [0.3, 0.4) is 0 Å². The highest BCUT2D eigenvalue weighted by molar-refractivity contribution is 5.50. The first kappa shape index (κ1) is 30.2. The second-order valence-corrected chi connectivity index (χ2v) is 10.7. The fraction of sp³-hybridized carbons (Fsp3) is 0.312. The Morgan fingerprint density at radius 3 is 2.07 bits per heavy atom. The van der Waals surface area contributed by atoms with Gasteiger partial charge in [-0.05, 0) is 30.2 Å². The molecule has 0 unspecified atom stereocenters. The first-order valence-electron chi connectivity index (χ1n) is 14.0. The molecule has 2 N–H and O–H groups in total. The van der Waals surface area contributed by atoms with Crippen molar-refractivity contribution in [2.24, 2.45) is 5.73 Å². The van der Waals surface area contributed by atoms with E-state index >= 15 is 0 Å². The molecule has 1 aliphatic heterocycles. The van der Waals surface area contributed by atoms with Gasteiger partial charge in [0, 0.05) is 50.0 Å². The standard InChI is InChI=1S/C32H33F4N5O2/c1-22-29(39-17-15-38(16-18-39)19-23-9-4-2-5-10-23)30(42)41(21-28(37)24-11-6-3-7-12-24)31(43)40(22)20-25-26(32(34,35)36)13-8-14-27(25)33/h2-14,28H,15-21,37H2,1H3/t28-/m1/s1. The van der Waals surface area contributed by atoms with Gasteiger partial charge in [-0.3, -0.25) is 18.8 Å². The molecule has 43 heavy (non-hydrogen) atoms. The Morgan fingerprint density at radius 2 is 1.44 bits per heavy atom. The summed E-state index contributed by atoms with van der Waals surface area (Å²) in [7, 11) is 0. The Bertz CT molecular complexity index is 1680. The van der Waals surface area contributed by atoms with Crippen LogP contribution >= 0.6 is 0 Å². The summed E-state index contributed by atoms with van der Waals surface area (Å²) in [4.78, 5) is 31.8. The minimum absolute atomic E-state index is 0.174.